The van der Waals surface area contributed by atoms with Crippen LogP contribution in [-0.4, -0.2) is 121 Å². The lowest BCUT2D eigenvalue weighted by molar-refractivity contribution is -0.138. The summed E-state index contributed by atoms with van der Waals surface area (Å²) in [5.74, 6) is -0.515. The Kier molecular flexibility index (Phi) is 10.8. The van der Waals surface area contributed by atoms with Crippen LogP contribution in [0.5, 0.6) is 0 Å². The maximum Gasteiger partial charge on any atom is 0.242 e. The van der Waals surface area contributed by atoms with Gasteiger partial charge in [-0.1, -0.05) is 41.6 Å². The lowest BCUT2D eigenvalue weighted by Gasteiger charge is -2.52. The zero-order valence-electron chi connectivity index (χ0n) is 26.0. The van der Waals surface area contributed by atoms with E-state index in [2.05, 4.69) is 55.5 Å². The predicted molar refractivity (Wildman–Crippen MR) is 181 cm³/mol. The molecule has 0 radical (unpaired) electrons. The smallest absolute Gasteiger partial charge is 0.242 e. The van der Waals surface area contributed by atoms with Crippen LogP contribution in [0.2, 0.25) is 10.4 Å². The second-order valence-electron chi connectivity index (χ2n) is 12.8. The van der Waals surface area contributed by atoms with E-state index in [0.29, 0.717) is 18.7 Å². The maximum absolute atomic E-state index is 12.9. The molecule has 1 aromatic carbocycles. The Morgan fingerprint density at radius 3 is 2.56 bits per heavy atom. The summed E-state index contributed by atoms with van der Waals surface area (Å²) in [5, 5.41) is 4.71. The van der Waals surface area contributed by atoms with Gasteiger partial charge in [-0.3, -0.25) is 24.6 Å². The third-order valence-corrected chi connectivity index (χ3v) is 9.14. The average molecular weight is 552 g/mol. The number of hydrogen-bond acceptors (Lipinski definition) is 7. The largest absolute Gasteiger partial charge is 0.381 e. The van der Waals surface area contributed by atoms with Crippen LogP contribution in [0.3, 0.4) is 0 Å². The van der Waals surface area contributed by atoms with Gasteiger partial charge >= 0.3 is 0 Å². The number of benzene rings is 1. The van der Waals surface area contributed by atoms with E-state index in [0.717, 1.165) is 43.8 Å². The molecule has 2 heterocycles. The van der Waals surface area contributed by atoms with Crippen LogP contribution < -0.4 is 10.6 Å². The van der Waals surface area contributed by atoms with Gasteiger partial charge in [0.2, 0.25) is 11.8 Å². The summed E-state index contributed by atoms with van der Waals surface area (Å²) in [7, 11) is 14.2. The van der Waals surface area contributed by atoms with Crippen LogP contribution >= 0.6 is 0 Å². The molecule has 1 unspecified atom stereocenters. The Balaban J connectivity index is 1.80. The van der Waals surface area contributed by atoms with E-state index in [-0.39, 0.29) is 17.2 Å². The van der Waals surface area contributed by atoms with Gasteiger partial charge in [-0.25, -0.2) is 0 Å². The third kappa shape index (κ3) is 7.59. The number of nitrogens with zero attached hydrogens (tertiary/aromatic N) is 2. The first-order valence-corrected chi connectivity index (χ1v) is 14.4. The van der Waals surface area contributed by atoms with Gasteiger partial charge in [0.15, 0.2) is 0 Å². The van der Waals surface area contributed by atoms with Crippen molar-refractivity contribution in [3.63, 3.8) is 0 Å². The van der Waals surface area contributed by atoms with Crippen molar-refractivity contribution in [1.82, 2.24) is 20.4 Å². The van der Waals surface area contributed by atoms with Gasteiger partial charge < -0.3 is 15.0 Å². The summed E-state index contributed by atoms with van der Waals surface area (Å²) in [6.45, 7) is 6.19. The molecule has 0 aromatic heterocycles. The van der Waals surface area contributed by atoms with Crippen LogP contribution in [0, 0.1) is 0 Å². The highest BCUT2D eigenvalue weighted by Gasteiger charge is 2.55. The van der Waals surface area contributed by atoms with E-state index in [1.54, 1.807) is 13.0 Å². The molecule has 1 aromatic rings. The zero-order valence-corrected chi connectivity index (χ0v) is 26.0. The van der Waals surface area contributed by atoms with Crippen molar-refractivity contribution in [3.8, 4) is 0 Å². The Labute approximate surface area is 250 Å². The van der Waals surface area contributed by atoms with E-state index in [9.17, 15) is 14.4 Å². The number of rotatable bonds is 11. The molecule has 2 N–H and O–H groups in total. The monoisotopic (exact) mass is 552 g/mol. The molecule has 212 valence electrons. The van der Waals surface area contributed by atoms with Crippen molar-refractivity contribution < 1.29 is 19.1 Å². The summed E-state index contributed by atoms with van der Waals surface area (Å²) < 4.78 is 5.56. The molecule has 2 fully saturated rings. The molecular weight excluding hydrogens is 509 g/mol. The highest BCUT2D eigenvalue weighted by atomic mass is 16.5. The molecule has 1 atom stereocenters. The number of carbonyl (C=O) groups is 3. The normalized spacial score (nSPS) is 22.1. The van der Waals surface area contributed by atoms with Crippen molar-refractivity contribution in [3.05, 3.63) is 71.0 Å². The Hall–Kier alpha value is -2.68. The van der Waals surface area contributed by atoms with E-state index in [4.69, 9.17) is 4.74 Å². The summed E-state index contributed by atoms with van der Waals surface area (Å²) in [5.41, 5.74) is 3.91. The number of allylic oxidation sites excluding steroid dienone is 4. The molecule has 0 aliphatic carbocycles. The molecule has 0 spiro atoms. The van der Waals surface area contributed by atoms with Crippen molar-refractivity contribution in [2.75, 3.05) is 39.9 Å². The zero-order chi connectivity index (χ0) is 30.4. The number of imide groups is 1. The molecule has 41 heavy (non-hydrogen) atoms. The lowest BCUT2D eigenvalue weighted by Crippen LogP contribution is -2.66. The molecule has 2 amide bonds. The number of ether oxygens (including phenoxy) is 1. The second kappa shape index (κ2) is 13.5. The minimum Gasteiger partial charge on any atom is -0.381 e. The minimum atomic E-state index is -0.707. The molecule has 8 nitrogen and oxygen atoms in total. The average Bonchev–Trinajstić information content (AvgIpc) is 2.93. The number of likely N-dealkylation sites (N-methyl/N-ethyl adjacent to an activating group) is 1. The number of morpholine rings is 1. The molecular formula is C27H42B6N4O4. The number of aldehydes is 1. The second-order valence-corrected chi connectivity index (χ2v) is 12.8. The molecule has 0 bridgehead atoms. The predicted octanol–water partition coefficient (Wildman–Crippen LogP) is -4.21. The first kappa shape index (κ1) is 32.8. The topological polar surface area (TPSA) is 91.0 Å². The van der Waals surface area contributed by atoms with Crippen LogP contribution in [-0.2, 0) is 31.0 Å². The Bertz CT molecular complexity index is 1230. The summed E-state index contributed by atoms with van der Waals surface area (Å²) >= 11 is 0. The van der Waals surface area contributed by atoms with Crippen LogP contribution in [0.15, 0.2) is 59.8 Å². The van der Waals surface area contributed by atoms with Crippen molar-refractivity contribution in [1.29, 1.82) is 0 Å². The van der Waals surface area contributed by atoms with Crippen molar-refractivity contribution in [2.24, 2.45) is 0 Å². The van der Waals surface area contributed by atoms with E-state index < -0.39 is 16.5 Å². The fourth-order valence-electron chi connectivity index (χ4n) is 5.51. The number of hydrogen-bond donors (Lipinski definition) is 2. The van der Waals surface area contributed by atoms with E-state index in [1.165, 1.54) is 5.56 Å². The molecule has 14 heteroatoms. The highest BCUT2D eigenvalue weighted by molar-refractivity contribution is 6.63. The number of nitrogens with one attached hydrogen (secondary N) is 2. The Morgan fingerprint density at radius 1 is 1.22 bits per heavy atom. The lowest BCUT2D eigenvalue weighted by atomic mass is 9.26. The van der Waals surface area contributed by atoms with Gasteiger partial charge in [-0.2, -0.15) is 0 Å². The summed E-state index contributed by atoms with van der Waals surface area (Å²) in [4.78, 5) is 41.0. The van der Waals surface area contributed by atoms with Crippen LogP contribution in [0.4, 0.5) is 0 Å². The third-order valence-electron chi connectivity index (χ3n) is 9.14. The van der Waals surface area contributed by atoms with Crippen molar-refractivity contribution >= 4 is 65.2 Å². The van der Waals surface area contributed by atoms with Gasteiger partial charge in [-0.05, 0) is 53.4 Å². The number of carbonyl (C=O) groups excluding carboxylic acids is 3. The van der Waals surface area contributed by atoms with Gasteiger partial charge in [0.25, 0.3) is 0 Å². The van der Waals surface area contributed by atoms with Crippen molar-refractivity contribution in [2.45, 2.75) is 35.3 Å². The quantitative estimate of drug-likeness (QED) is 0.0948. The molecule has 0 saturated carbocycles. The first-order valence-electron chi connectivity index (χ1n) is 14.4. The fourth-order valence-corrected chi connectivity index (χ4v) is 5.51. The summed E-state index contributed by atoms with van der Waals surface area (Å²) in [6.07, 6.45) is 8.41. The fraction of sp³-hybridized carbons (Fsp3) is 0.444. The molecule has 2 saturated heterocycles. The summed E-state index contributed by atoms with van der Waals surface area (Å²) in [6, 6.07) is 8.17. The van der Waals surface area contributed by atoms with Crippen LogP contribution in [0.25, 0.3) is 0 Å². The molecule has 2 aliphatic rings. The number of amides is 2. The SMILES string of the molecule is BC(B)(c1cccc(CNC(/C=C\C=C(/C)C=O)=C\CN(C)C2C(=O)NC(=O)C(B)(B)C2(B)B)c1)N1CCOCC1. The van der Waals surface area contributed by atoms with E-state index in [1.807, 2.05) is 61.6 Å². The van der Waals surface area contributed by atoms with Gasteiger partial charge in [0, 0.05) is 31.9 Å². The number of piperidine rings is 1. The van der Waals surface area contributed by atoms with Crippen LogP contribution in [0.1, 0.15) is 18.1 Å². The Morgan fingerprint density at radius 2 is 1.90 bits per heavy atom. The maximum atomic E-state index is 12.9. The minimum absolute atomic E-state index is 0.110. The highest BCUT2D eigenvalue weighted by Crippen LogP contribution is 2.48. The van der Waals surface area contributed by atoms with Gasteiger partial charge in [-0.15, -0.1) is 0 Å². The van der Waals surface area contributed by atoms with Gasteiger partial charge in [0.05, 0.1) is 19.3 Å². The standard InChI is InChI=1S/C27H42B6N4O4/c1-18(17-38)5-3-8-21(9-10-36(2)22-23(39)35-24(40)26(30,31)25(22,28)29)34-16-19-6-4-7-20(15-19)27(32,33)37-11-13-41-14-12-37/h3-9,15,17,22,34H,10-14,16,28-33H2,1-2H3,(H,35,39,40)/b8-3-,18-5+,21-9-. The molecule has 3 rings (SSSR count). The first-order chi connectivity index (χ1) is 19.2. The van der Waals surface area contributed by atoms with Gasteiger partial charge in [0.1, 0.15) is 53.4 Å². The molecule has 2 aliphatic heterocycles. The van der Waals surface area contributed by atoms with E-state index >= 15 is 0 Å².